The van der Waals surface area contributed by atoms with E-state index in [2.05, 4.69) is 65.1 Å². The summed E-state index contributed by atoms with van der Waals surface area (Å²) in [5, 5.41) is 1.19. The number of hydrogen-bond donors (Lipinski definition) is 0. The lowest BCUT2D eigenvalue weighted by Crippen LogP contribution is -2.48. The monoisotopic (exact) mass is 539 g/mol. The number of nitrogens with zero attached hydrogens (tertiary/aromatic N) is 3. The average molecular weight is 540 g/mol. The first kappa shape index (κ1) is 24.8. The topological polar surface area (TPSA) is 65.4 Å². The SMILES string of the molecule is CCn1cc(C(CC(=O)N2CCN(Cc3ccc4c(c3)OCO4)CC2)c2ccc3c(c2)OCO3)c2ccccc21. The molecule has 40 heavy (non-hydrogen) atoms. The summed E-state index contributed by atoms with van der Waals surface area (Å²) >= 11 is 0. The molecule has 0 spiro atoms. The summed E-state index contributed by atoms with van der Waals surface area (Å²) in [7, 11) is 0. The normalized spacial score (nSPS) is 17.0. The predicted molar refractivity (Wildman–Crippen MR) is 151 cm³/mol. The van der Waals surface area contributed by atoms with Crippen LogP contribution in [-0.2, 0) is 17.9 Å². The van der Waals surface area contributed by atoms with Gasteiger partial charge in [0.2, 0.25) is 19.5 Å². The standard InChI is InChI=1S/C32H33N3O5/c1-2-34-19-26(24-5-3-4-6-27(24)34)25(23-8-10-29-31(16-23)40-21-38-29)17-32(36)35-13-11-33(12-14-35)18-22-7-9-28-30(15-22)39-20-37-28/h3-10,15-16,19,25H,2,11-14,17-18,20-21H2,1H3. The second-order valence-corrected chi connectivity index (χ2v) is 10.6. The lowest BCUT2D eigenvalue weighted by Gasteiger charge is -2.35. The third-order valence-corrected chi connectivity index (χ3v) is 8.28. The van der Waals surface area contributed by atoms with Crippen molar-refractivity contribution >= 4 is 16.8 Å². The van der Waals surface area contributed by atoms with E-state index in [1.807, 2.05) is 23.1 Å². The van der Waals surface area contributed by atoms with Gasteiger partial charge in [0.1, 0.15) is 0 Å². The Morgan fingerprint density at radius 1 is 0.825 bits per heavy atom. The van der Waals surface area contributed by atoms with Crippen molar-refractivity contribution in [3.63, 3.8) is 0 Å². The first-order valence-electron chi connectivity index (χ1n) is 14.0. The number of rotatable bonds is 7. The van der Waals surface area contributed by atoms with E-state index in [1.54, 1.807) is 0 Å². The molecule has 8 heteroatoms. The molecule has 1 unspecified atom stereocenters. The fraction of sp³-hybridized carbons (Fsp3) is 0.344. The number of benzene rings is 3. The number of fused-ring (bicyclic) bond motifs is 3. The molecule has 1 saturated heterocycles. The number of carbonyl (C=O) groups is 1. The van der Waals surface area contributed by atoms with Gasteiger partial charge in [0.05, 0.1) is 0 Å². The largest absolute Gasteiger partial charge is 0.454 e. The summed E-state index contributed by atoms with van der Waals surface area (Å²) < 4.78 is 24.5. The van der Waals surface area contributed by atoms with Crippen LogP contribution in [0.5, 0.6) is 23.0 Å². The van der Waals surface area contributed by atoms with E-state index in [1.165, 1.54) is 22.0 Å². The Labute approximate surface area is 233 Å². The van der Waals surface area contributed by atoms with Crippen molar-refractivity contribution in [2.75, 3.05) is 39.8 Å². The van der Waals surface area contributed by atoms with Gasteiger partial charge in [-0.1, -0.05) is 30.3 Å². The van der Waals surface area contributed by atoms with Gasteiger partial charge in [-0.15, -0.1) is 0 Å². The van der Waals surface area contributed by atoms with E-state index in [0.717, 1.165) is 54.7 Å². The molecule has 0 bridgehead atoms. The molecule has 1 aromatic heterocycles. The number of ether oxygens (including phenoxy) is 4. The van der Waals surface area contributed by atoms with Gasteiger partial charge in [-0.05, 0) is 53.9 Å². The third-order valence-electron chi connectivity index (χ3n) is 8.28. The molecule has 3 aromatic carbocycles. The van der Waals surface area contributed by atoms with Crippen molar-refractivity contribution in [3.05, 3.63) is 83.6 Å². The van der Waals surface area contributed by atoms with Crippen LogP contribution in [0.25, 0.3) is 10.9 Å². The second-order valence-electron chi connectivity index (χ2n) is 10.6. The fourth-order valence-electron chi connectivity index (χ4n) is 6.11. The van der Waals surface area contributed by atoms with Crippen molar-refractivity contribution in [1.82, 2.24) is 14.4 Å². The van der Waals surface area contributed by atoms with Crippen LogP contribution in [0.15, 0.2) is 66.9 Å². The summed E-state index contributed by atoms with van der Waals surface area (Å²) in [5.41, 5.74) is 4.62. The minimum atomic E-state index is -0.0913. The highest BCUT2D eigenvalue weighted by Crippen LogP contribution is 2.40. The van der Waals surface area contributed by atoms with Gasteiger partial charge in [-0.3, -0.25) is 9.69 Å². The molecule has 4 heterocycles. The zero-order valence-electron chi connectivity index (χ0n) is 22.7. The fourth-order valence-corrected chi connectivity index (χ4v) is 6.11. The van der Waals surface area contributed by atoms with Crippen molar-refractivity contribution in [1.29, 1.82) is 0 Å². The van der Waals surface area contributed by atoms with Crippen LogP contribution in [0.1, 0.15) is 36.0 Å². The molecule has 1 amide bonds. The first-order chi connectivity index (χ1) is 19.7. The minimum absolute atomic E-state index is 0.0913. The van der Waals surface area contributed by atoms with Crippen molar-refractivity contribution in [2.45, 2.75) is 32.4 Å². The summed E-state index contributed by atoms with van der Waals surface area (Å²) in [6, 6.07) is 20.7. The van der Waals surface area contributed by atoms with Crippen LogP contribution in [0, 0.1) is 0 Å². The molecule has 1 atom stereocenters. The maximum absolute atomic E-state index is 13.8. The molecule has 0 aliphatic carbocycles. The molecular weight excluding hydrogens is 506 g/mol. The summed E-state index contributed by atoms with van der Waals surface area (Å²) in [4.78, 5) is 18.2. The first-order valence-corrected chi connectivity index (χ1v) is 14.0. The van der Waals surface area contributed by atoms with E-state index in [-0.39, 0.29) is 25.4 Å². The Balaban J connectivity index is 1.10. The molecule has 0 saturated carbocycles. The highest BCUT2D eigenvalue weighted by atomic mass is 16.7. The molecule has 3 aliphatic heterocycles. The van der Waals surface area contributed by atoms with E-state index in [9.17, 15) is 4.79 Å². The number of piperazine rings is 1. The molecular formula is C32H33N3O5. The number of carbonyl (C=O) groups excluding carboxylic acids is 1. The zero-order chi connectivity index (χ0) is 27.1. The van der Waals surface area contributed by atoms with Gasteiger partial charge in [-0.2, -0.15) is 0 Å². The van der Waals surface area contributed by atoms with Crippen molar-refractivity contribution in [2.24, 2.45) is 0 Å². The van der Waals surface area contributed by atoms with Crippen LogP contribution in [-0.4, -0.2) is 60.0 Å². The Bertz CT molecular complexity index is 1560. The molecule has 8 nitrogen and oxygen atoms in total. The van der Waals surface area contributed by atoms with Crippen LogP contribution in [0.2, 0.25) is 0 Å². The molecule has 1 fully saturated rings. The van der Waals surface area contributed by atoms with Crippen molar-refractivity contribution in [3.8, 4) is 23.0 Å². The molecule has 0 radical (unpaired) electrons. The van der Waals surface area contributed by atoms with E-state index in [0.29, 0.717) is 19.5 Å². The van der Waals surface area contributed by atoms with Crippen LogP contribution in [0.4, 0.5) is 0 Å². The average Bonchev–Trinajstić information content (AvgIpc) is 3.74. The Morgan fingerprint density at radius 3 is 2.30 bits per heavy atom. The van der Waals surface area contributed by atoms with E-state index >= 15 is 0 Å². The van der Waals surface area contributed by atoms with E-state index in [4.69, 9.17) is 18.9 Å². The van der Waals surface area contributed by atoms with Gasteiger partial charge in [0, 0.05) is 68.7 Å². The molecule has 0 N–H and O–H groups in total. The quantitative estimate of drug-likeness (QED) is 0.330. The van der Waals surface area contributed by atoms with Gasteiger partial charge in [0.25, 0.3) is 0 Å². The summed E-state index contributed by atoms with van der Waals surface area (Å²) in [5.74, 6) is 3.20. The molecule has 3 aliphatic rings. The van der Waals surface area contributed by atoms with Crippen LogP contribution in [0.3, 0.4) is 0 Å². The van der Waals surface area contributed by atoms with Gasteiger partial charge in [-0.25, -0.2) is 0 Å². The van der Waals surface area contributed by atoms with Crippen LogP contribution >= 0.6 is 0 Å². The zero-order valence-corrected chi connectivity index (χ0v) is 22.7. The molecule has 206 valence electrons. The molecule has 7 rings (SSSR count). The summed E-state index contributed by atoms with van der Waals surface area (Å²) in [6.45, 7) is 7.47. The highest BCUT2D eigenvalue weighted by Gasteiger charge is 2.29. The highest BCUT2D eigenvalue weighted by molar-refractivity contribution is 5.87. The lowest BCUT2D eigenvalue weighted by atomic mass is 9.87. The van der Waals surface area contributed by atoms with Gasteiger partial charge < -0.3 is 28.4 Å². The lowest BCUT2D eigenvalue weighted by molar-refractivity contribution is -0.133. The number of hydrogen-bond acceptors (Lipinski definition) is 6. The maximum atomic E-state index is 13.8. The third kappa shape index (κ3) is 4.62. The Morgan fingerprint density at radius 2 is 1.52 bits per heavy atom. The second kappa shape index (κ2) is 10.4. The number of aromatic nitrogens is 1. The molecule has 4 aromatic rings. The smallest absolute Gasteiger partial charge is 0.231 e. The summed E-state index contributed by atoms with van der Waals surface area (Å²) in [6.07, 6.45) is 2.62. The number of aryl methyl sites for hydroxylation is 1. The predicted octanol–water partition coefficient (Wildman–Crippen LogP) is 4.99. The maximum Gasteiger partial charge on any atom is 0.231 e. The Hall–Kier alpha value is -4.17. The number of para-hydroxylation sites is 1. The number of amides is 1. The van der Waals surface area contributed by atoms with Gasteiger partial charge >= 0.3 is 0 Å². The van der Waals surface area contributed by atoms with Gasteiger partial charge in [0.15, 0.2) is 23.0 Å². The van der Waals surface area contributed by atoms with Crippen LogP contribution < -0.4 is 18.9 Å². The van der Waals surface area contributed by atoms with E-state index < -0.39 is 0 Å². The minimum Gasteiger partial charge on any atom is -0.454 e. The Kier molecular flexibility index (Phi) is 6.48. The van der Waals surface area contributed by atoms with Crippen molar-refractivity contribution < 1.29 is 23.7 Å².